The molecule has 1 fully saturated rings. The fourth-order valence-electron chi connectivity index (χ4n) is 2.64. The van der Waals surface area contributed by atoms with E-state index in [0.29, 0.717) is 21.8 Å². The van der Waals surface area contributed by atoms with Crippen LogP contribution in [0.15, 0.2) is 22.7 Å². The molecule has 0 spiro atoms. The fraction of sp³-hybridized carbons (Fsp3) is 0.429. The van der Waals surface area contributed by atoms with Gasteiger partial charge in [0.15, 0.2) is 5.82 Å². The summed E-state index contributed by atoms with van der Waals surface area (Å²) in [5, 5.41) is 7.23. The van der Waals surface area contributed by atoms with Gasteiger partial charge in [-0.15, -0.1) is 0 Å². The third-order valence-corrected chi connectivity index (χ3v) is 4.07. The van der Waals surface area contributed by atoms with E-state index in [1.807, 2.05) is 6.07 Å². The Hall–Kier alpha value is -1.23. The zero-order valence-corrected chi connectivity index (χ0v) is 12.1. The van der Waals surface area contributed by atoms with E-state index >= 15 is 0 Å². The van der Waals surface area contributed by atoms with Crippen molar-refractivity contribution >= 4 is 15.9 Å². The Bertz CT molecular complexity index is 556. The Morgan fingerprint density at radius 1 is 1.16 bits per heavy atom. The second-order valence-electron chi connectivity index (χ2n) is 5.04. The van der Waals surface area contributed by atoms with E-state index in [9.17, 15) is 4.39 Å². The molecule has 3 nitrogen and oxygen atoms in total. The number of rotatable bonds is 2. The lowest BCUT2D eigenvalue weighted by atomic mass is 9.89. The van der Waals surface area contributed by atoms with Gasteiger partial charge in [-0.1, -0.05) is 35.2 Å². The summed E-state index contributed by atoms with van der Waals surface area (Å²) in [6, 6.07) is 4.72. The molecule has 1 aromatic heterocycles. The van der Waals surface area contributed by atoms with Crippen LogP contribution in [0.5, 0.6) is 0 Å². The molecule has 19 heavy (non-hydrogen) atoms. The van der Waals surface area contributed by atoms with Crippen LogP contribution in [0.1, 0.15) is 43.8 Å². The quantitative estimate of drug-likeness (QED) is 0.888. The van der Waals surface area contributed by atoms with Crippen LogP contribution in [0, 0.1) is 5.82 Å². The van der Waals surface area contributed by atoms with E-state index < -0.39 is 0 Å². The van der Waals surface area contributed by atoms with Crippen molar-refractivity contribution < 1.29 is 4.39 Å². The summed E-state index contributed by atoms with van der Waals surface area (Å²) in [7, 11) is 0. The molecule has 0 bridgehead atoms. The van der Waals surface area contributed by atoms with Gasteiger partial charge in [0, 0.05) is 16.0 Å². The van der Waals surface area contributed by atoms with Crippen LogP contribution in [-0.4, -0.2) is 15.2 Å². The van der Waals surface area contributed by atoms with Crippen LogP contribution in [0.2, 0.25) is 0 Å². The van der Waals surface area contributed by atoms with Gasteiger partial charge in [-0.25, -0.2) is 9.37 Å². The first-order valence-electron chi connectivity index (χ1n) is 6.61. The fourth-order valence-corrected chi connectivity index (χ4v) is 3.11. The van der Waals surface area contributed by atoms with Gasteiger partial charge >= 0.3 is 0 Å². The lowest BCUT2D eigenvalue weighted by molar-refractivity contribution is 0.429. The number of halogens is 2. The summed E-state index contributed by atoms with van der Waals surface area (Å²) in [6.45, 7) is 0. The zero-order chi connectivity index (χ0) is 13.2. The highest BCUT2D eigenvalue weighted by Crippen LogP contribution is 2.31. The van der Waals surface area contributed by atoms with Gasteiger partial charge in [0.2, 0.25) is 0 Å². The minimum atomic E-state index is -0.284. The Kier molecular flexibility index (Phi) is 3.64. The number of hydrogen-bond donors (Lipinski definition) is 1. The van der Waals surface area contributed by atoms with E-state index in [0.717, 1.165) is 5.82 Å². The van der Waals surface area contributed by atoms with Gasteiger partial charge in [0.05, 0.1) is 0 Å². The SMILES string of the molecule is Fc1cc(Br)cc(-c2n[nH]c(C3CCCCC3)n2)c1. The van der Waals surface area contributed by atoms with Crippen molar-refractivity contribution in [1.82, 2.24) is 15.2 Å². The summed E-state index contributed by atoms with van der Waals surface area (Å²) < 4.78 is 14.1. The molecule has 1 saturated carbocycles. The summed E-state index contributed by atoms with van der Waals surface area (Å²) in [5.41, 5.74) is 0.699. The lowest BCUT2D eigenvalue weighted by Crippen LogP contribution is -2.06. The standard InChI is InChI=1S/C14H15BrFN3/c15-11-6-10(7-12(16)8-11)14-17-13(18-19-14)9-4-2-1-3-5-9/h6-9H,1-5H2,(H,17,18,19). The highest BCUT2D eigenvalue weighted by molar-refractivity contribution is 9.10. The molecule has 1 aromatic carbocycles. The molecular weight excluding hydrogens is 309 g/mol. The maximum Gasteiger partial charge on any atom is 0.181 e. The minimum Gasteiger partial charge on any atom is -0.262 e. The smallest absolute Gasteiger partial charge is 0.181 e. The summed E-state index contributed by atoms with van der Waals surface area (Å²) in [4.78, 5) is 4.53. The molecule has 0 aliphatic heterocycles. The van der Waals surface area contributed by atoms with Gasteiger partial charge in [-0.3, -0.25) is 5.10 Å². The average molecular weight is 324 g/mol. The van der Waals surface area contributed by atoms with Crippen LogP contribution in [0.25, 0.3) is 11.4 Å². The Balaban J connectivity index is 1.87. The molecule has 2 aromatic rings. The number of benzene rings is 1. The van der Waals surface area contributed by atoms with Crippen molar-refractivity contribution in [2.75, 3.05) is 0 Å². The van der Waals surface area contributed by atoms with Gasteiger partial charge < -0.3 is 0 Å². The number of nitrogens with zero attached hydrogens (tertiary/aromatic N) is 2. The number of aromatic nitrogens is 3. The molecule has 0 radical (unpaired) electrons. The van der Waals surface area contributed by atoms with Gasteiger partial charge in [-0.05, 0) is 31.0 Å². The topological polar surface area (TPSA) is 41.6 Å². The second kappa shape index (κ2) is 5.41. The molecule has 100 valence electrons. The normalized spacial score (nSPS) is 16.7. The van der Waals surface area contributed by atoms with Crippen LogP contribution >= 0.6 is 15.9 Å². The van der Waals surface area contributed by atoms with Crippen LogP contribution < -0.4 is 0 Å². The van der Waals surface area contributed by atoms with Crippen molar-refractivity contribution in [3.63, 3.8) is 0 Å². The Labute approximate surface area is 119 Å². The first-order valence-corrected chi connectivity index (χ1v) is 7.40. The molecule has 5 heteroatoms. The molecule has 1 aliphatic rings. The minimum absolute atomic E-state index is 0.284. The predicted octanol–water partition coefficient (Wildman–Crippen LogP) is 4.42. The maximum atomic E-state index is 13.4. The van der Waals surface area contributed by atoms with E-state index in [4.69, 9.17) is 0 Å². The summed E-state index contributed by atoms with van der Waals surface area (Å²) >= 11 is 3.29. The third kappa shape index (κ3) is 2.86. The van der Waals surface area contributed by atoms with Gasteiger partial charge in [0.1, 0.15) is 11.6 Å². The van der Waals surface area contributed by atoms with Crippen molar-refractivity contribution in [1.29, 1.82) is 0 Å². The van der Waals surface area contributed by atoms with Gasteiger partial charge in [0.25, 0.3) is 0 Å². The number of H-pyrrole nitrogens is 1. The largest absolute Gasteiger partial charge is 0.262 e. The van der Waals surface area contributed by atoms with Crippen molar-refractivity contribution in [2.45, 2.75) is 38.0 Å². The highest BCUT2D eigenvalue weighted by Gasteiger charge is 2.19. The first kappa shape index (κ1) is 12.8. The average Bonchev–Trinajstić information content (AvgIpc) is 2.88. The first-order chi connectivity index (χ1) is 9.22. The van der Waals surface area contributed by atoms with Crippen molar-refractivity contribution in [2.24, 2.45) is 0 Å². The third-order valence-electron chi connectivity index (χ3n) is 3.62. The molecular formula is C14H15BrFN3. The molecule has 0 saturated heterocycles. The van der Waals surface area contributed by atoms with Crippen LogP contribution in [0.3, 0.4) is 0 Å². The van der Waals surface area contributed by atoms with Crippen molar-refractivity contribution in [3.05, 3.63) is 34.3 Å². The van der Waals surface area contributed by atoms with Crippen molar-refractivity contribution in [3.8, 4) is 11.4 Å². The highest BCUT2D eigenvalue weighted by atomic mass is 79.9. The number of nitrogens with one attached hydrogen (secondary N) is 1. The number of hydrogen-bond acceptors (Lipinski definition) is 2. The molecule has 1 heterocycles. The molecule has 0 unspecified atom stereocenters. The van der Waals surface area contributed by atoms with E-state index in [-0.39, 0.29) is 5.82 Å². The van der Waals surface area contributed by atoms with Crippen LogP contribution in [-0.2, 0) is 0 Å². The Morgan fingerprint density at radius 2 is 1.95 bits per heavy atom. The lowest BCUT2D eigenvalue weighted by Gasteiger charge is -2.18. The van der Waals surface area contributed by atoms with E-state index in [1.165, 1.54) is 44.2 Å². The molecule has 1 N–H and O–H groups in total. The molecule has 1 aliphatic carbocycles. The summed E-state index contributed by atoms with van der Waals surface area (Å²) in [5.74, 6) is 1.70. The van der Waals surface area contributed by atoms with Gasteiger partial charge in [-0.2, -0.15) is 5.10 Å². The molecule has 0 amide bonds. The Morgan fingerprint density at radius 3 is 2.68 bits per heavy atom. The van der Waals surface area contributed by atoms with E-state index in [2.05, 4.69) is 31.1 Å². The molecule has 3 rings (SSSR count). The zero-order valence-electron chi connectivity index (χ0n) is 10.5. The predicted molar refractivity (Wildman–Crippen MR) is 75.3 cm³/mol. The second-order valence-corrected chi connectivity index (χ2v) is 5.95. The maximum absolute atomic E-state index is 13.4. The number of aromatic amines is 1. The van der Waals surface area contributed by atoms with E-state index in [1.54, 1.807) is 0 Å². The van der Waals surface area contributed by atoms with Crippen LogP contribution in [0.4, 0.5) is 4.39 Å². The monoisotopic (exact) mass is 323 g/mol. The summed E-state index contributed by atoms with van der Waals surface area (Å²) in [6.07, 6.45) is 6.16. The molecule has 0 atom stereocenters.